The summed E-state index contributed by atoms with van der Waals surface area (Å²) in [7, 11) is 0. The quantitative estimate of drug-likeness (QED) is 0.774. The highest BCUT2D eigenvalue weighted by Gasteiger charge is 2.46. The third-order valence-corrected chi connectivity index (χ3v) is 3.92. The van der Waals surface area contributed by atoms with Crippen molar-refractivity contribution in [1.82, 2.24) is 10.2 Å². The van der Waals surface area contributed by atoms with Crippen molar-refractivity contribution >= 4 is 11.8 Å². The van der Waals surface area contributed by atoms with Crippen LogP contribution in [0.2, 0.25) is 0 Å². The lowest BCUT2D eigenvalue weighted by Crippen LogP contribution is -2.67. The van der Waals surface area contributed by atoms with Gasteiger partial charge in [0.15, 0.2) is 0 Å². The molecule has 1 saturated heterocycles. The van der Waals surface area contributed by atoms with Crippen molar-refractivity contribution < 1.29 is 9.59 Å². The second kappa shape index (κ2) is 5.55. The van der Waals surface area contributed by atoms with Crippen LogP contribution in [-0.2, 0) is 9.59 Å². The topological polar surface area (TPSA) is 49.4 Å². The van der Waals surface area contributed by atoms with Crippen molar-refractivity contribution in [2.45, 2.75) is 51.0 Å². The smallest absolute Gasteiger partial charge is 0.248 e. The van der Waals surface area contributed by atoms with Crippen LogP contribution in [0.1, 0.15) is 45.4 Å². The molecule has 1 saturated carbocycles. The highest BCUT2D eigenvalue weighted by Crippen LogP contribution is 2.31. The maximum absolute atomic E-state index is 12.5. The van der Waals surface area contributed by atoms with Gasteiger partial charge in [-0.3, -0.25) is 9.59 Å². The van der Waals surface area contributed by atoms with E-state index in [9.17, 15) is 9.59 Å². The Labute approximate surface area is 108 Å². The number of carbonyl (C=O) groups is 2. The Bertz CT molecular complexity index is 357. The van der Waals surface area contributed by atoms with Crippen LogP contribution in [0.5, 0.6) is 0 Å². The van der Waals surface area contributed by atoms with E-state index >= 15 is 0 Å². The molecule has 0 aromatic carbocycles. The van der Waals surface area contributed by atoms with Crippen LogP contribution >= 0.6 is 0 Å². The van der Waals surface area contributed by atoms with Crippen molar-refractivity contribution in [3.05, 3.63) is 12.2 Å². The number of piperazine rings is 1. The van der Waals surface area contributed by atoms with Crippen molar-refractivity contribution in [2.24, 2.45) is 0 Å². The molecule has 1 heterocycles. The van der Waals surface area contributed by atoms with Crippen LogP contribution in [0.3, 0.4) is 0 Å². The standard InChI is InChI=1S/C14H22N2O2/c1-2-3-7-10-16-11-12(17)15-14(13(16)18)8-5-4-6-9-14/h2-3H,4-11H2,1H3,(H,15,17)/b3-2+. The summed E-state index contributed by atoms with van der Waals surface area (Å²) in [5.41, 5.74) is -0.580. The van der Waals surface area contributed by atoms with Gasteiger partial charge in [0, 0.05) is 6.54 Å². The predicted molar refractivity (Wildman–Crippen MR) is 70.0 cm³/mol. The van der Waals surface area contributed by atoms with Gasteiger partial charge in [0.25, 0.3) is 0 Å². The van der Waals surface area contributed by atoms with Crippen molar-refractivity contribution in [2.75, 3.05) is 13.1 Å². The first-order valence-electron chi connectivity index (χ1n) is 6.89. The number of rotatable bonds is 3. The van der Waals surface area contributed by atoms with Crippen LogP contribution in [0, 0.1) is 0 Å². The molecular weight excluding hydrogens is 228 g/mol. The first-order chi connectivity index (χ1) is 8.68. The van der Waals surface area contributed by atoms with Gasteiger partial charge in [0.05, 0.1) is 6.54 Å². The molecule has 1 aliphatic heterocycles. The van der Waals surface area contributed by atoms with Gasteiger partial charge in [0.1, 0.15) is 5.54 Å². The van der Waals surface area contributed by atoms with E-state index in [1.165, 1.54) is 6.42 Å². The molecule has 0 aromatic rings. The molecule has 1 spiro atoms. The zero-order valence-electron chi connectivity index (χ0n) is 11.1. The fourth-order valence-corrected chi connectivity index (χ4v) is 2.98. The third kappa shape index (κ3) is 2.57. The third-order valence-electron chi connectivity index (χ3n) is 3.92. The number of amides is 2. The summed E-state index contributed by atoms with van der Waals surface area (Å²) in [5, 5.41) is 2.95. The van der Waals surface area contributed by atoms with Crippen LogP contribution in [0.25, 0.3) is 0 Å². The van der Waals surface area contributed by atoms with E-state index in [4.69, 9.17) is 0 Å². The van der Waals surface area contributed by atoms with Gasteiger partial charge in [0.2, 0.25) is 11.8 Å². The molecular formula is C14H22N2O2. The minimum absolute atomic E-state index is 0.00280. The van der Waals surface area contributed by atoms with E-state index in [1.54, 1.807) is 4.90 Å². The molecule has 18 heavy (non-hydrogen) atoms. The molecule has 1 N–H and O–H groups in total. The van der Waals surface area contributed by atoms with E-state index in [-0.39, 0.29) is 18.4 Å². The maximum Gasteiger partial charge on any atom is 0.248 e. The average molecular weight is 250 g/mol. The first-order valence-corrected chi connectivity index (χ1v) is 6.89. The van der Waals surface area contributed by atoms with Gasteiger partial charge >= 0.3 is 0 Å². The van der Waals surface area contributed by atoms with Crippen LogP contribution < -0.4 is 5.32 Å². The van der Waals surface area contributed by atoms with Gasteiger partial charge in [-0.2, -0.15) is 0 Å². The monoisotopic (exact) mass is 250 g/mol. The first kappa shape index (κ1) is 13.1. The summed E-state index contributed by atoms with van der Waals surface area (Å²) < 4.78 is 0. The molecule has 0 atom stereocenters. The highest BCUT2D eigenvalue weighted by molar-refractivity contribution is 5.98. The molecule has 2 aliphatic rings. The normalized spacial score (nSPS) is 23.7. The summed E-state index contributed by atoms with van der Waals surface area (Å²) in [4.78, 5) is 26.1. The van der Waals surface area contributed by atoms with E-state index in [1.807, 2.05) is 19.1 Å². The Morgan fingerprint density at radius 2 is 2.00 bits per heavy atom. The molecule has 0 bridgehead atoms. The fourth-order valence-electron chi connectivity index (χ4n) is 2.98. The Kier molecular flexibility index (Phi) is 4.04. The molecule has 1 aliphatic carbocycles. The minimum atomic E-state index is -0.580. The molecule has 0 aromatic heterocycles. The predicted octanol–water partition coefficient (Wildman–Crippen LogP) is 1.61. The molecule has 4 heteroatoms. The number of hydrogen-bond acceptors (Lipinski definition) is 2. The highest BCUT2D eigenvalue weighted by atomic mass is 16.2. The molecule has 2 amide bonds. The number of hydrogen-bond donors (Lipinski definition) is 1. The largest absolute Gasteiger partial charge is 0.340 e. The second-order valence-electron chi connectivity index (χ2n) is 5.28. The molecule has 0 unspecified atom stereocenters. The summed E-state index contributed by atoms with van der Waals surface area (Å²) in [6, 6.07) is 0. The van der Waals surface area contributed by atoms with Crippen molar-refractivity contribution in [3.63, 3.8) is 0 Å². The molecule has 0 radical (unpaired) electrons. The summed E-state index contributed by atoms with van der Waals surface area (Å²) in [6.07, 6.45) is 9.69. The van der Waals surface area contributed by atoms with E-state index < -0.39 is 5.54 Å². The Balaban J connectivity index is 2.07. The number of nitrogens with one attached hydrogen (secondary N) is 1. The van der Waals surface area contributed by atoms with E-state index in [0.717, 1.165) is 32.1 Å². The zero-order valence-corrected chi connectivity index (χ0v) is 11.1. The van der Waals surface area contributed by atoms with Crippen molar-refractivity contribution in [1.29, 1.82) is 0 Å². The Morgan fingerprint density at radius 1 is 1.28 bits per heavy atom. The minimum Gasteiger partial charge on any atom is -0.340 e. The maximum atomic E-state index is 12.5. The lowest BCUT2D eigenvalue weighted by Gasteiger charge is -2.44. The average Bonchev–Trinajstić information content (AvgIpc) is 2.36. The van der Waals surface area contributed by atoms with Crippen LogP contribution in [0.15, 0.2) is 12.2 Å². The molecule has 100 valence electrons. The van der Waals surface area contributed by atoms with Gasteiger partial charge in [-0.25, -0.2) is 0 Å². The summed E-state index contributed by atoms with van der Waals surface area (Å²) >= 11 is 0. The number of carbonyl (C=O) groups excluding carboxylic acids is 2. The lowest BCUT2D eigenvalue weighted by molar-refractivity contribution is -0.151. The van der Waals surface area contributed by atoms with Crippen LogP contribution in [-0.4, -0.2) is 35.3 Å². The molecule has 2 rings (SSSR count). The van der Waals surface area contributed by atoms with E-state index in [2.05, 4.69) is 5.32 Å². The van der Waals surface area contributed by atoms with Gasteiger partial charge in [-0.05, 0) is 26.2 Å². The molecule has 2 fully saturated rings. The van der Waals surface area contributed by atoms with E-state index in [0.29, 0.717) is 6.54 Å². The molecule has 4 nitrogen and oxygen atoms in total. The second-order valence-corrected chi connectivity index (χ2v) is 5.28. The van der Waals surface area contributed by atoms with Crippen LogP contribution in [0.4, 0.5) is 0 Å². The zero-order chi connectivity index (χ0) is 13.0. The SMILES string of the molecule is C/C=C/CCN1CC(=O)NC2(CCCCC2)C1=O. The summed E-state index contributed by atoms with van der Waals surface area (Å²) in [6.45, 7) is 2.84. The Hall–Kier alpha value is -1.32. The fraction of sp³-hybridized carbons (Fsp3) is 0.714. The Morgan fingerprint density at radius 3 is 2.67 bits per heavy atom. The van der Waals surface area contributed by atoms with Gasteiger partial charge < -0.3 is 10.2 Å². The van der Waals surface area contributed by atoms with Crippen molar-refractivity contribution in [3.8, 4) is 0 Å². The number of allylic oxidation sites excluding steroid dienone is 1. The van der Waals surface area contributed by atoms with Gasteiger partial charge in [-0.15, -0.1) is 0 Å². The van der Waals surface area contributed by atoms with Gasteiger partial charge in [-0.1, -0.05) is 31.4 Å². The lowest BCUT2D eigenvalue weighted by atomic mass is 9.79. The number of nitrogens with zero attached hydrogens (tertiary/aromatic N) is 1. The summed E-state index contributed by atoms with van der Waals surface area (Å²) in [5.74, 6) is 0.128.